The van der Waals surface area contributed by atoms with Crippen LogP contribution in [0.4, 0.5) is 0 Å². The number of nitrogens with one attached hydrogen (secondary N) is 1. The summed E-state index contributed by atoms with van der Waals surface area (Å²) < 4.78 is 5.71. The number of nitrogens with zero attached hydrogens (tertiary/aromatic N) is 1. The van der Waals surface area contributed by atoms with Crippen LogP contribution in [0.3, 0.4) is 0 Å². The highest BCUT2D eigenvalue weighted by atomic mass is 16.4. The number of benzene rings is 2. The van der Waals surface area contributed by atoms with Gasteiger partial charge in [0.2, 0.25) is 11.8 Å². The van der Waals surface area contributed by atoms with Crippen molar-refractivity contribution in [3.8, 4) is 11.3 Å². The van der Waals surface area contributed by atoms with E-state index < -0.39 is 11.9 Å². The maximum Gasteiger partial charge on any atom is 0.244 e. The van der Waals surface area contributed by atoms with Gasteiger partial charge in [0.1, 0.15) is 6.04 Å². The molecule has 27 heavy (non-hydrogen) atoms. The zero-order valence-corrected chi connectivity index (χ0v) is 15.0. The lowest BCUT2D eigenvalue weighted by atomic mass is 10.1. The van der Waals surface area contributed by atoms with Gasteiger partial charge >= 0.3 is 0 Å². The number of oxazole rings is 1. The molecule has 0 unspecified atom stereocenters. The third-order valence-corrected chi connectivity index (χ3v) is 4.18. The molecule has 3 aromatic rings. The summed E-state index contributed by atoms with van der Waals surface area (Å²) in [7, 11) is 0. The summed E-state index contributed by atoms with van der Waals surface area (Å²) in [6.07, 6.45) is 2.12. The number of nitrogens with two attached hydrogens (primary N) is 1. The van der Waals surface area contributed by atoms with Crippen LogP contribution < -0.4 is 11.1 Å². The van der Waals surface area contributed by atoms with Crippen LogP contribution in [0.1, 0.15) is 29.5 Å². The smallest absolute Gasteiger partial charge is 0.244 e. The van der Waals surface area contributed by atoms with Crippen LogP contribution in [0.5, 0.6) is 0 Å². The molecule has 6 heteroatoms. The number of hydrogen-bond donors (Lipinski definition) is 2. The van der Waals surface area contributed by atoms with E-state index in [1.54, 1.807) is 30.5 Å². The van der Waals surface area contributed by atoms with Crippen LogP contribution in [0.2, 0.25) is 0 Å². The standard InChI is InChI=1S/C21H21N3O3/c1-14-7-9-15(10-8-14)17-13-23-19(27-17)12-11-18(25)24-20(21(22)26)16-5-3-2-4-6-16/h2-10,13,20H,11-12H2,1H3,(H2,22,26)(H,24,25)/t20-/m1/s1. The fourth-order valence-corrected chi connectivity index (χ4v) is 2.69. The molecule has 0 fully saturated rings. The lowest BCUT2D eigenvalue weighted by molar-refractivity contribution is -0.127. The van der Waals surface area contributed by atoms with Gasteiger partial charge in [-0.25, -0.2) is 4.98 Å². The van der Waals surface area contributed by atoms with Crippen molar-refractivity contribution in [2.75, 3.05) is 0 Å². The number of hydrogen-bond acceptors (Lipinski definition) is 4. The van der Waals surface area contributed by atoms with Gasteiger partial charge < -0.3 is 15.5 Å². The minimum Gasteiger partial charge on any atom is -0.441 e. The number of rotatable bonds is 7. The lowest BCUT2D eigenvalue weighted by Crippen LogP contribution is -2.37. The number of carbonyl (C=O) groups is 2. The van der Waals surface area contributed by atoms with Crippen LogP contribution in [0.25, 0.3) is 11.3 Å². The van der Waals surface area contributed by atoms with Gasteiger partial charge in [0.15, 0.2) is 11.7 Å². The number of amides is 2. The Morgan fingerprint density at radius 2 is 1.81 bits per heavy atom. The highest BCUT2D eigenvalue weighted by Gasteiger charge is 2.20. The van der Waals surface area contributed by atoms with Crippen molar-refractivity contribution < 1.29 is 14.0 Å². The minimum absolute atomic E-state index is 0.143. The Morgan fingerprint density at radius 3 is 2.48 bits per heavy atom. The van der Waals surface area contributed by atoms with Crippen molar-refractivity contribution in [1.29, 1.82) is 0 Å². The molecular formula is C21H21N3O3. The van der Waals surface area contributed by atoms with Crippen molar-refractivity contribution in [3.63, 3.8) is 0 Å². The Labute approximate surface area is 157 Å². The second kappa shape index (κ2) is 8.31. The summed E-state index contributed by atoms with van der Waals surface area (Å²) in [6.45, 7) is 2.02. The predicted molar refractivity (Wildman–Crippen MR) is 102 cm³/mol. The van der Waals surface area contributed by atoms with E-state index in [-0.39, 0.29) is 12.3 Å². The third-order valence-electron chi connectivity index (χ3n) is 4.18. The minimum atomic E-state index is -0.855. The average molecular weight is 363 g/mol. The Kier molecular flexibility index (Phi) is 5.66. The molecular weight excluding hydrogens is 342 g/mol. The van der Waals surface area contributed by atoms with E-state index in [0.717, 1.165) is 11.1 Å². The van der Waals surface area contributed by atoms with Gasteiger partial charge in [0, 0.05) is 18.4 Å². The van der Waals surface area contributed by atoms with Gasteiger partial charge in [-0.15, -0.1) is 0 Å². The Bertz CT molecular complexity index is 917. The Morgan fingerprint density at radius 1 is 1.11 bits per heavy atom. The van der Waals surface area contributed by atoms with E-state index in [4.69, 9.17) is 10.2 Å². The topological polar surface area (TPSA) is 98.2 Å². The van der Waals surface area contributed by atoms with Crippen molar-refractivity contribution in [2.45, 2.75) is 25.8 Å². The van der Waals surface area contributed by atoms with Crippen molar-refractivity contribution in [1.82, 2.24) is 10.3 Å². The predicted octanol–water partition coefficient (Wildman–Crippen LogP) is 2.93. The van der Waals surface area contributed by atoms with Crippen LogP contribution >= 0.6 is 0 Å². The first-order valence-corrected chi connectivity index (χ1v) is 8.68. The molecule has 6 nitrogen and oxygen atoms in total. The largest absolute Gasteiger partial charge is 0.441 e. The first-order chi connectivity index (χ1) is 13.0. The molecule has 0 saturated carbocycles. The summed E-state index contributed by atoms with van der Waals surface area (Å²) in [4.78, 5) is 28.1. The fraction of sp³-hybridized carbons (Fsp3) is 0.190. The molecule has 2 aromatic carbocycles. The van der Waals surface area contributed by atoms with E-state index in [1.807, 2.05) is 37.3 Å². The zero-order chi connectivity index (χ0) is 19.2. The molecule has 3 rings (SSSR count). The first-order valence-electron chi connectivity index (χ1n) is 8.68. The number of aryl methyl sites for hydroxylation is 2. The van der Waals surface area contributed by atoms with Gasteiger partial charge in [0.05, 0.1) is 6.20 Å². The average Bonchev–Trinajstić information content (AvgIpc) is 3.14. The molecule has 0 saturated heterocycles. The van der Waals surface area contributed by atoms with Gasteiger partial charge in [-0.1, -0.05) is 60.2 Å². The highest BCUT2D eigenvalue weighted by Crippen LogP contribution is 2.21. The van der Waals surface area contributed by atoms with Gasteiger partial charge in [0.25, 0.3) is 0 Å². The van der Waals surface area contributed by atoms with Crippen LogP contribution in [0.15, 0.2) is 65.2 Å². The van der Waals surface area contributed by atoms with Crippen molar-refractivity contribution >= 4 is 11.8 Å². The molecule has 0 radical (unpaired) electrons. The lowest BCUT2D eigenvalue weighted by Gasteiger charge is -2.15. The molecule has 1 aromatic heterocycles. The molecule has 0 aliphatic heterocycles. The van der Waals surface area contributed by atoms with Crippen molar-refractivity contribution in [2.24, 2.45) is 5.73 Å². The van der Waals surface area contributed by atoms with Crippen LogP contribution in [-0.2, 0) is 16.0 Å². The second-order valence-electron chi connectivity index (χ2n) is 6.30. The maximum absolute atomic E-state index is 12.2. The van der Waals surface area contributed by atoms with Gasteiger partial charge in [-0.3, -0.25) is 9.59 Å². The third kappa shape index (κ3) is 4.82. The molecule has 2 amide bonds. The Balaban J connectivity index is 1.59. The maximum atomic E-state index is 12.2. The van der Waals surface area contributed by atoms with Crippen molar-refractivity contribution in [3.05, 3.63) is 77.8 Å². The monoisotopic (exact) mass is 363 g/mol. The molecule has 0 aliphatic carbocycles. The summed E-state index contributed by atoms with van der Waals surface area (Å²) >= 11 is 0. The van der Waals surface area contributed by atoms with E-state index in [9.17, 15) is 9.59 Å². The normalized spacial score (nSPS) is 11.7. The summed E-state index contributed by atoms with van der Waals surface area (Å²) in [5, 5.41) is 2.66. The number of aromatic nitrogens is 1. The summed E-state index contributed by atoms with van der Waals surface area (Å²) in [5.74, 6) is 0.228. The molecule has 1 heterocycles. The molecule has 138 valence electrons. The van der Waals surface area contributed by atoms with E-state index >= 15 is 0 Å². The summed E-state index contributed by atoms with van der Waals surface area (Å²) in [5.41, 5.74) is 8.16. The molecule has 1 atom stereocenters. The Hall–Kier alpha value is -3.41. The second-order valence-corrected chi connectivity index (χ2v) is 6.30. The number of carbonyl (C=O) groups excluding carboxylic acids is 2. The van der Waals surface area contributed by atoms with Crippen LogP contribution in [-0.4, -0.2) is 16.8 Å². The molecule has 0 aliphatic rings. The zero-order valence-electron chi connectivity index (χ0n) is 15.0. The van der Waals surface area contributed by atoms with E-state index in [1.165, 1.54) is 0 Å². The SMILES string of the molecule is Cc1ccc(-c2cnc(CCC(=O)N[C@@H](C(N)=O)c3ccccc3)o2)cc1. The quantitative estimate of drug-likeness (QED) is 0.674. The van der Waals surface area contributed by atoms with E-state index in [0.29, 0.717) is 23.6 Å². The molecule has 0 bridgehead atoms. The van der Waals surface area contributed by atoms with Crippen LogP contribution in [0, 0.1) is 6.92 Å². The van der Waals surface area contributed by atoms with Gasteiger partial charge in [-0.2, -0.15) is 0 Å². The van der Waals surface area contributed by atoms with E-state index in [2.05, 4.69) is 10.3 Å². The molecule has 3 N–H and O–H groups in total. The summed E-state index contributed by atoms with van der Waals surface area (Å²) in [6, 6.07) is 16.0. The number of primary amides is 1. The molecule has 0 spiro atoms. The fourth-order valence-electron chi connectivity index (χ4n) is 2.69. The highest BCUT2D eigenvalue weighted by molar-refractivity contribution is 5.87. The van der Waals surface area contributed by atoms with Gasteiger partial charge in [-0.05, 0) is 12.5 Å². The first kappa shape index (κ1) is 18.4.